The number of para-hydroxylation sites is 1. The average Bonchev–Trinajstić information content (AvgIpc) is 2.69. The Morgan fingerprint density at radius 3 is 2.59 bits per heavy atom. The van der Waals surface area contributed by atoms with Crippen molar-refractivity contribution in [2.24, 2.45) is 7.05 Å². The summed E-state index contributed by atoms with van der Waals surface area (Å²) in [5.41, 5.74) is 2.55. The Morgan fingerprint density at radius 1 is 1.12 bits per heavy atom. The molecule has 0 N–H and O–H groups in total. The van der Waals surface area contributed by atoms with Crippen LogP contribution in [-0.4, -0.2) is 34.8 Å². The molecule has 1 aliphatic heterocycles. The van der Waals surface area contributed by atoms with Crippen molar-refractivity contribution in [2.75, 3.05) is 20.1 Å². The molecule has 3 nitrogen and oxygen atoms in total. The summed E-state index contributed by atoms with van der Waals surface area (Å²) in [4.78, 5) is 2.40. The number of hydrogen-bond acceptors (Lipinski definition) is 2. The minimum absolute atomic E-state index is 0.636. The van der Waals surface area contributed by atoms with Gasteiger partial charge in [0.25, 0.3) is 0 Å². The number of aromatic nitrogens is 2. The third-order valence-electron chi connectivity index (χ3n) is 3.89. The van der Waals surface area contributed by atoms with E-state index in [9.17, 15) is 0 Å². The van der Waals surface area contributed by atoms with Gasteiger partial charge in [-0.3, -0.25) is 4.68 Å². The first-order chi connectivity index (χ1) is 8.25. The van der Waals surface area contributed by atoms with Crippen molar-refractivity contribution < 1.29 is 0 Å². The fourth-order valence-electron chi connectivity index (χ4n) is 2.83. The minimum Gasteiger partial charge on any atom is -0.306 e. The van der Waals surface area contributed by atoms with E-state index in [2.05, 4.69) is 36.2 Å². The summed E-state index contributed by atoms with van der Waals surface area (Å²) in [7, 11) is 4.24. The smallest absolute Gasteiger partial charge is 0.0735 e. The summed E-state index contributed by atoms with van der Waals surface area (Å²) in [5, 5.41) is 6.07. The molecule has 90 valence electrons. The van der Waals surface area contributed by atoms with E-state index in [1.165, 1.54) is 42.5 Å². The van der Waals surface area contributed by atoms with Gasteiger partial charge < -0.3 is 4.90 Å². The third kappa shape index (κ3) is 1.84. The molecular weight excluding hydrogens is 210 g/mol. The molecule has 0 amide bonds. The van der Waals surface area contributed by atoms with Gasteiger partial charge in [-0.2, -0.15) is 5.10 Å². The lowest BCUT2D eigenvalue weighted by atomic mass is 9.92. The SMILES string of the molecule is CN1CCC(c2nn(C)c3ccccc23)CC1. The third-order valence-corrected chi connectivity index (χ3v) is 3.89. The zero-order valence-electron chi connectivity index (χ0n) is 10.6. The fraction of sp³-hybridized carbons (Fsp3) is 0.500. The maximum absolute atomic E-state index is 4.74. The first-order valence-electron chi connectivity index (χ1n) is 6.36. The second-order valence-corrected chi connectivity index (χ2v) is 5.10. The Kier molecular flexibility index (Phi) is 2.63. The number of likely N-dealkylation sites (tertiary alicyclic amines) is 1. The Balaban J connectivity index is 2.00. The van der Waals surface area contributed by atoms with Gasteiger partial charge in [-0.15, -0.1) is 0 Å². The highest BCUT2D eigenvalue weighted by atomic mass is 15.3. The van der Waals surface area contributed by atoms with Gasteiger partial charge in [0.2, 0.25) is 0 Å². The number of aryl methyl sites for hydroxylation is 1. The minimum atomic E-state index is 0.636. The summed E-state index contributed by atoms with van der Waals surface area (Å²) in [5.74, 6) is 0.636. The van der Waals surface area contributed by atoms with Crippen LogP contribution >= 0.6 is 0 Å². The molecule has 2 heterocycles. The van der Waals surface area contributed by atoms with Crippen LogP contribution in [-0.2, 0) is 7.05 Å². The molecule has 1 saturated heterocycles. The van der Waals surface area contributed by atoms with Crippen LogP contribution in [0.4, 0.5) is 0 Å². The molecule has 3 heteroatoms. The van der Waals surface area contributed by atoms with E-state index in [1.807, 2.05) is 11.7 Å². The molecule has 0 aliphatic carbocycles. The van der Waals surface area contributed by atoms with E-state index < -0.39 is 0 Å². The van der Waals surface area contributed by atoms with Crippen LogP contribution in [0.1, 0.15) is 24.5 Å². The number of rotatable bonds is 1. The van der Waals surface area contributed by atoms with Crippen LogP contribution in [0.25, 0.3) is 10.9 Å². The van der Waals surface area contributed by atoms with Gasteiger partial charge >= 0.3 is 0 Å². The van der Waals surface area contributed by atoms with Gasteiger partial charge in [-0.1, -0.05) is 18.2 Å². The molecule has 1 aliphatic rings. The molecule has 0 unspecified atom stereocenters. The molecule has 0 spiro atoms. The number of piperidine rings is 1. The van der Waals surface area contributed by atoms with Crippen LogP contribution < -0.4 is 0 Å². The molecule has 0 bridgehead atoms. The lowest BCUT2D eigenvalue weighted by Crippen LogP contribution is -2.29. The second-order valence-electron chi connectivity index (χ2n) is 5.10. The van der Waals surface area contributed by atoms with Crippen LogP contribution in [0.15, 0.2) is 24.3 Å². The van der Waals surface area contributed by atoms with Crippen LogP contribution in [0.2, 0.25) is 0 Å². The summed E-state index contributed by atoms with van der Waals surface area (Å²) >= 11 is 0. The molecule has 0 radical (unpaired) electrons. The first-order valence-corrected chi connectivity index (χ1v) is 6.36. The standard InChI is InChI=1S/C14H19N3/c1-16-9-7-11(8-10-16)14-12-5-3-4-6-13(12)17(2)15-14/h3-6,11H,7-10H2,1-2H3. The van der Waals surface area contributed by atoms with Crippen molar-refractivity contribution in [3.8, 4) is 0 Å². The maximum Gasteiger partial charge on any atom is 0.0735 e. The molecule has 1 aromatic carbocycles. The summed E-state index contributed by atoms with van der Waals surface area (Å²) in [6, 6.07) is 8.56. The van der Waals surface area contributed by atoms with Gasteiger partial charge in [0.15, 0.2) is 0 Å². The van der Waals surface area contributed by atoms with Gasteiger partial charge in [0, 0.05) is 18.4 Å². The molecule has 3 rings (SSSR count). The van der Waals surface area contributed by atoms with E-state index in [0.717, 1.165) is 0 Å². The summed E-state index contributed by atoms with van der Waals surface area (Å²) < 4.78 is 2.02. The van der Waals surface area contributed by atoms with Crippen molar-refractivity contribution in [3.63, 3.8) is 0 Å². The lowest BCUT2D eigenvalue weighted by Gasteiger charge is -2.28. The molecule has 17 heavy (non-hydrogen) atoms. The van der Waals surface area contributed by atoms with Crippen LogP contribution in [0.3, 0.4) is 0 Å². The topological polar surface area (TPSA) is 21.1 Å². The van der Waals surface area contributed by atoms with Gasteiger partial charge in [-0.05, 0) is 39.0 Å². The monoisotopic (exact) mass is 229 g/mol. The fourth-order valence-corrected chi connectivity index (χ4v) is 2.83. The van der Waals surface area contributed by atoms with Crippen LogP contribution in [0.5, 0.6) is 0 Å². The van der Waals surface area contributed by atoms with E-state index >= 15 is 0 Å². The van der Waals surface area contributed by atoms with Crippen molar-refractivity contribution in [1.82, 2.24) is 14.7 Å². The van der Waals surface area contributed by atoms with Crippen molar-refractivity contribution >= 4 is 10.9 Å². The normalized spacial score (nSPS) is 18.9. The molecule has 1 fully saturated rings. The quantitative estimate of drug-likeness (QED) is 0.748. The average molecular weight is 229 g/mol. The first kappa shape index (κ1) is 10.8. The molecule has 2 aromatic rings. The lowest BCUT2D eigenvalue weighted by molar-refractivity contribution is 0.253. The molecule has 1 aromatic heterocycles. The summed E-state index contributed by atoms with van der Waals surface area (Å²) in [6.07, 6.45) is 2.47. The van der Waals surface area contributed by atoms with Crippen LogP contribution in [0, 0.1) is 0 Å². The largest absolute Gasteiger partial charge is 0.306 e. The number of fused-ring (bicyclic) bond motifs is 1. The van der Waals surface area contributed by atoms with E-state index in [1.54, 1.807) is 0 Å². The molecule has 0 atom stereocenters. The number of benzene rings is 1. The van der Waals surface area contributed by atoms with Gasteiger partial charge in [-0.25, -0.2) is 0 Å². The highest BCUT2D eigenvalue weighted by Crippen LogP contribution is 2.31. The zero-order chi connectivity index (χ0) is 11.8. The summed E-state index contributed by atoms with van der Waals surface area (Å²) in [6.45, 7) is 2.38. The van der Waals surface area contributed by atoms with E-state index in [-0.39, 0.29) is 0 Å². The molecular formula is C14H19N3. The van der Waals surface area contributed by atoms with Gasteiger partial charge in [0.1, 0.15) is 0 Å². The van der Waals surface area contributed by atoms with Crippen molar-refractivity contribution in [2.45, 2.75) is 18.8 Å². The Hall–Kier alpha value is -1.35. The highest BCUT2D eigenvalue weighted by Gasteiger charge is 2.22. The van der Waals surface area contributed by atoms with E-state index in [0.29, 0.717) is 5.92 Å². The number of hydrogen-bond donors (Lipinski definition) is 0. The predicted molar refractivity (Wildman–Crippen MR) is 70.2 cm³/mol. The Bertz CT molecular complexity index is 521. The predicted octanol–water partition coefficient (Wildman–Crippen LogP) is 2.38. The number of nitrogens with zero attached hydrogens (tertiary/aromatic N) is 3. The van der Waals surface area contributed by atoms with E-state index in [4.69, 9.17) is 5.10 Å². The van der Waals surface area contributed by atoms with Crippen molar-refractivity contribution in [1.29, 1.82) is 0 Å². The molecule has 0 saturated carbocycles. The Morgan fingerprint density at radius 2 is 1.82 bits per heavy atom. The maximum atomic E-state index is 4.74. The highest BCUT2D eigenvalue weighted by molar-refractivity contribution is 5.82. The van der Waals surface area contributed by atoms with Gasteiger partial charge in [0.05, 0.1) is 11.2 Å². The second kappa shape index (κ2) is 4.15. The zero-order valence-corrected chi connectivity index (χ0v) is 10.6. The van der Waals surface area contributed by atoms with Crippen molar-refractivity contribution in [3.05, 3.63) is 30.0 Å². The Labute approximate surface area is 102 Å².